The van der Waals surface area contributed by atoms with Gasteiger partial charge in [0.25, 0.3) is 0 Å². The van der Waals surface area contributed by atoms with E-state index in [1.807, 2.05) is 97.1 Å². The van der Waals surface area contributed by atoms with Gasteiger partial charge in [-0.15, -0.1) is 0 Å². The van der Waals surface area contributed by atoms with E-state index in [4.69, 9.17) is 15.0 Å². The van der Waals surface area contributed by atoms with Crippen LogP contribution in [0, 0.1) is 40.9 Å². The predicted octanol–water partition coefficient (Wildman–Crippen LogP) is 19.9. The van der Waals surface area contributed by atoms with Crippen molar-refractivity contribution in [2.24, 2.45) is 0 Å². The van der Waals surface area contributed by atoms with Crippen LogP contribution in [0.1, 0.15) is 101 Å². The number of nitrogens with zero attached hydrogens (tertiary/aromatic N) is 8. The standard InChI is InChI=1S/C79H64N8/c1-48-20-32-70-64(36-48)65-40-57(77(2,3)4)25-33-71(65)86(70)60-28-30-62(55-18-12-15-50(38-55)46-81)68(43-60)75-83-74(53-23-21-52(22-24-53)54-17-11-14-49(37-54)45-80)84-76(85-75)69-44-61(29-31-63(69)56-19-13-16-51(39-56)47-82)87-72-34-26-58(78(5,6)7)41-66(72)67-42-59(79(8,9)10)27-35-73(67)87/h11-44H,1-10H3. The van der Waals surface area contributed by atoms with E-state index in [9.17, 15) is 15.8 Å². The average molecular weight is 1130 g/mol. The van der Waals surface area contributed by atoms with Crippen LogP contribution in [-0.2, 0) is 16.2 Å². The zero-order chi connectivity index (χ0) is 60.7. The van der Waals surface area contributed by atoms with E-state index in [2.05, 4.69) is 206 Å². The van der Waals surface area contributed by atoms with Crippen LogP contribution in [-0.4, -0.2) is 24.1 Å². The second-order valence-corrected chi connectivity index (χ2v) is 26.1. The SMILES string of the molecule is Cc1ccc2c(c1)c1cc(C(C)(C)C)ccc1n2-c1ccc(-c2cccc(C#N)c2)c(-c2nc(-c3ccc(-c4cccc(C#N)c4)cc3)nc(-c3cc(-n4c5ccc(C(C)(C)C)cc5c5cc(C(C)(C)C)ccc54)ccc3-c3cccc(C#N)c3)n2)c1. The van der Waals surface area contributed by atoms with E-state index >= 15 is 0 Å². The van der Waals surface area contributed by atoms with Gasteiger partial charge in [-0.05, 0) is 182 Å². The molecule has 87 heavy (non-hydrogen) atoms. The maximum Gasteiger partial charge on any atom is 0.164 e. The number of rotatable bonds is 8. The molecular weight excluding hydrogens is 1060 g/mol. The summed E-state index contributed by atoms with van der Waals surface area (Å²) in [4.78, 5) is 16.7. The Kier molecular flexibility index (Phi) is 13.5. The number of nitriles is 3. The molecule has 8 nitrogen and oxygen atoms in total. The Morgan fingerprint density at radius 2 is 0.667 bits per heavy atom. The van der Waals surface area contributed by atoms with Crippen molar-refractivity contribution in [2.45, 2.75) is 85.5 Å². The summed E-state index contributed by atoms with van der Waals surface area (Å²) < 4.78 is 4.69. The molecular formula is C79H64N8. The molecule has 0 aliphatic carbocycles. The van der Waals surface area contributed by atoms with E-state index in [0.29, 0.717) is 34.2 Å². The molecule has 0 atom stereocenters. The normalized spacial score (nSPS) is 12.0. The van der Waals surface area contributed by atoms with Crippen LogP contribution >= 0.6 is 0 Å². The van der Waals surface area contributed by atoms with Crippen LogP contribution < -0.4 is 0 Å². The molecule has 3 aromatic heterocycles. The Bertz CT molecular complexity index is 5020. The second kappa shape index (κ2) is 21.1. The molecule has 0 amide bonds. The van der Waals surface area contributed by atoms with E-state index in [-0.39, 0.29) is 16.2 Å². The van der Waals surface area contributed by atoms with Gasteiger partial charge in [0.05, 0.1) is 57.0 Å². The van der Waals surface area contributed by atoms with Gasteiger partial charge in [0.15, 0.2) is 17.5 Å². The minimum absolute atomic E-state index is 0.0657. The fraction of sp³-hybridized carbons (Fsp3) is 0.165. The number of hydrogen-bond acceptors (Lipinski definition) is 6. The maximum atomic E-state index is 10.3. The molecule has 0 N–H and O–H groups in total. The molecule has 0 unspecified atom stereocenters. The zero-order valence-electron chi connectivity index (χ0n) is 50.7. The highest BCUT2D eigenvalue weighted by molar-refractivity contribution is 6.11. The second-order valence-electron chi connectivity index (χ2n) is 26.1. The largest absolute Gasteiger partial charge is 0.309 e. The Balaban J connectivity index is 1.11. The van der Waals surface area contributed by atoms with Crippen molar-refractivity contribution < 1.29 is 0 Å². The molecule has 10 aromatic carbocycles. The fourth-order valence-corrected chi connectivity index (χ4v) is 12.2. The quantitative estimate of drug-likeness (QED) is 0.149. The van der Waals surface area contributed by atoms with Gasteiger partial charge >= 0.3 is 0 Å². The topological polar surface area (TPSA) is 120 Å². The van der Waals surface area contributed by atoms with Gasteiger partial charge < -0.3 is 9.13 Å². The number of aromatic nitrogens is 5. The summed E-state index contributed by atoms with van der Waals surface area (Å²) in [7, 11) is 0. The molecule has 3 heterocycles. The smallest absolute Gasteiger partial charge is 0.164 e. The van der Waals surface area contributed by atoms with Gasteiger partial charge in [0.1, 0.15) is 0 Å². The number of hydrogen-bond donors (Lipinski definition) is 0. The molecule has 0 aliphatic heterocycles. The van der Waals surface area contributed by atoms with Gasteiger partial charge in [-0.1, -0.05) is 165 Å². The summed E-state index contributed by atoms with van der Waals surface area (Å²) in [5.41, 5.74) is 19.9. The molecule has 0 saturated carbocycles. The lowest BCUT2D eigenvalue weighted by Crippen LogP contribution is -2.10. The van der Waals surface area contributed by atoms with Gasteiger partial charge in [-0.3, -0.25) is 0 Å². The first kappa shape index (κ1) is 55.5. The highest BCUT2D eigenvalue weighted by atomic mass is 15.0. The van der Waals surface area contributed by atoms with E-state index in [0.717, 1.165) is 88.9 Å². The van der Waals surface area contributed by atoms with Crippen LogP contribution in [0.2, 0.25) is 0 Å². The van der Waals surface area contributed by atoms with Crippen molar-refractivity contribution >= 4 is 43.6 Å². The van der Waals surface area contributed by atoms with Crippen LogP contribution in [0.3, 0.4) is 0 Å². The van der Waals surface area contributed by atoms with Crippen molar-refractivity contribution in [2.75, 3.05) is 0 Å². The first-order chi connectivity index (χ1) is 41.7. The van der Waals surface area contributed by atoms with Crippen LogP contribution in [0.4, 0.5) is 0 Å². The van der Waals surface area contributed by atoms with E-state index < -0.39 is 0 Å². The Hall–Kier alpha value is -10.7. The van der Waals surface area contributed by atoms with Crippen LogP contribution in [0.5, 0.6) is 0 Å². The summed E-state index contributed by atoms with van der Waals surface area (Å²) in [5, 5.41) is 35.2. The Labute approximate surface area is 508 Å². The molecule has 0 spiro atoms. The van der Waals surface area contributed by atoms with Gasteiger partial charge in [-0.2, -0.15) is 15.8 Å². The summed E-state index contributed by atoms with van der Waals surface area (Å²) in [6.07, 6.45) is 0. The van der Waals surface area contributed by atoms with Crippen molar-refractivity contribution in [1.29, 1.82) is 15.8 Å². The Morgan fingerprint density at radius 1 is 0.310 bits per heavy atom. The highest BCUT2D eigenvalue weighted by Gasteiger charge is 2.26. The van der Waals surface area contributed by atoms with Gasteiger partial charge in [0, 0.05) is 49.6 Å². The number of aryl methyl sites for hydroxylation is 1. The molecule has 420 valence electrons. The average Bonchev–Trinajstić information content (AvgIpc) is 1.65. The minimum atomic E-state index is -0.0788. The molecule has 13 aromatic rings. The summed E-state index contributed by atoms with van der Waals surface area (Å²) in [5.74, 6) is 1.30. The predicted molar refractivity (Wildman–Crippen MR) is 356 cm³/mol. The lowest BCUT2D eigenvalue weighted by molar-refractivity contribution is 0.590. The van der Waals surface area contributed by atoms with Gasteiger partial charge in [0.2, 0.25) is 0 Å². The third-order valence-electron chi connectivity index (χ3n) is 17.0. The lowest BCUT2D eigenvalue weighted by Gasteiger charge is -2.19. The summed E-state index contributed by atoms with van der Waals surface area (Å²) in [6, 6.07) is 78.4. The van der Waals surface area contributed by atoms with Crippen molar-refractivity contribution in [3.63, 3.8) is 0 Å². The third kappa shape index (κ3) is 10.2. The molecule has 0 radical (unpaired) electrons. The Morgan fingerprint density at radius 3 is 1.07 bits per heavy atom. The molecule has 0 saturated heterocycles. The maximum absolute atomic E-state index is 10.3. The van der Waals surface area contributed by atoms with Crippen molar-refractivity contribution in [1.82, 2.24) is 24.1 Å². The number of benzene rings is 10. The third-order valence-corrected chi connectivity index (χ3v) is 17.0. The first-order valence-corrected chi connectivity index (χ1v) is 29.6. The van der Waals surface area contributed by atoms with Gasteiger partial charge in [-0.25, -0.2) is 15.0 Å². The summed E-state index contributed by atoms with van der Waals surface area (Å²) >= 11 is 0. The molecule has 0 fully saturated rings. The minimum Gasteiger partial charge on any atom is -0.309 e. The monoisotopic (exact) mass is 1120 g/mol. The van der Waals surface area contributed by atoms with Crippen molar-refractivity contribution in [3.05, 3.63) is 245 Å². The number of fused-ring (bicyclic) bond motifs is 6. The summed E-state index contributed by atoms with van der Waals surface area (Å²) in [6.45, 7) is 22.5. The molecule has 13 rings (SSSR count). The van der Waals surface area contributed by atoms with Crippen LogP contribution in [0.15, 0.2) is 206 Å². The zero-order valence-corrected chi connectivity index (χ0v) is 50.7. The highest BCUT2D eigenvalue weighted by Crippen LogP contribution is 2.43. The molecule has 8 heteroatoms. The first-order valence-electron chi connectivity index (χ1n) is 29.6. The fourth-order valence-electron chi connectivity index (χ4n) is 12.2. The van der Waals surface area contributed by atoms with E-state index in [1.165, 1.54) is 38.4 Å². The van der Waals surface area contributed by atoms with Crippen molar-refractivity contribution in [3.8, 4) is 97.1 Å². The van der Waals surface area contributed by atoms with E-state index in [1.54, 1.807) is 0 Å². The van der Waals surface area contributed by atoms with Crippen LogP contribution in [0.25, 0.3) is 123 Å². The molecule has 0 bridgehead atoms. The lowest BCUT2D eigenvalue weighted by atomic mass is 9.85. The molecule has 0 aliphatic rings.